The molecule has 0 amide bonds. The van der Waals surface area contributed by atoms with Crippen LogP contribution < -0.4 is 10.7 Å². The zero-order valence-corrected chi connectivity index (χ0v) is 14.0. The van der Waals surface area contributed by atoms with Gasteiger partial charge < -0.3 is 5.32 Å². The number of aromatic amines is 1. The number of fused-ring (bicyclic) bond motifs is 1. The normalized spacial score (nSPS) is 11.0. The average molecular weight is 364 g/mol. The maximum Gasteiger partial charge on any atom is 0.191 e. The minimum absolute atomic E-state index is 0.366. The largest absolute Gasteiger partial charge is 0.331 e. The Balaban J connectivity index is 1.61. The van der Waals surface area contributed by atoms with Crippen molar-refractivity contribution in [3.63, 3.8) is 0 Å². The van der Waals surface area contributed by atoms with E-state index in [9.17, 15) is 0 Å². The van der Waals surface area contributed by atoms with Gasteiger partial charge in [-0.15, -0.1) is 0 Å². The topological polar surface area (TPSA) is 65.1 Å². The number of H-pyrrole nitrogens is 1. The minimum Gasteiger partial charge on any atom is -0.331 e. The number of nitrogens with zero attached hydrogens (tertiary/aromatic N) is 2. The van der Waals surface area contributed by atoms with Crippen LogP contribution in [0.5, 0.6) is 0 Å². The van der Waals surface area contributed by atoms with E-state index in [2.05, 4.69) is 26.0 Å². The van der Waals surface area contributed by atoms with E-state index in [1.165, 1.54) is 0 Å². The first kappa shape index (κ1) is 15.7. The van der Waals surface area contributed by atoms with Crippen LogP contribution in [0.15, 0.2) is 47.7 Å². The molecule has 0 fully saturated rings. The third kappa shape index (κ3) is 3.98. The van der Waals surface area contributed by atoms with Crippen LogP contribution in [-0.4, -0.2) is 21.5 Å². The Hall–Kier alpha value is -2.15. The highest BCUT2D eigenvalue weighted by Gasteiger charge is 2.01. The van der Waals surface area contributed by atoms with Crippen molar-refractivity contribution in [3.8, 4) is 0 Å². The van der Waals surface area contributed by atoms with Crippen molar-refractivity contribution < 1.29 is 0 Å². The number of rotatable bonds is 3. The summed E-state index contributed by atoms with van der Waals surface area (Å²) in [6.07, 6.45) is 3.33. The van der Waals surface area contributed by atoms with Crippen molar-refractivity contribution >= 4 is 63.3 Å². The second-order valence-electron chi connectivity index (χ2n) is 4.66. The van der Waals surface area contributed by atoms with Crippen LogP contribution in [0.2, 0.25) is 10.0 Å². The molecule has 1 aromatic heterocycles. The molecule has 2 aromatic carbocycles. The Morgan fingerprint density at radius 1 is 1.22 bits per heavy atom. The third-order valence-electron chi connectivity index (χ3n) is 3.03. The van der Waals surface area contributed by atoms with Crippen LogP contribution in [0.4, 0.5) is 5.69 Å². The lowest BCUT2D eigenvalue weighted by Gasteiger charge is -2.07. The van der Waals surface area contributed by atoms with Crippen LogP contribution in [0.3, 0.4) is 0 Å². The van der Waals surface area contributed by atoms with Gasteiger partial charge in [0, 0.05) is 21.7 Å². The second kappa shape index (κ2) is 6.95. The van der Waals surface area contributed by atoms with Crippen LogP contribution >= 0.6 is 35.4 Å². The van der Waals surface area contributed by atoms with Gasteiger partial charge >= 0.3 is 0 Å². The summed E-state index contributed by atoms with van der Waals surface area (Å²) >= 11 is 17.1. The first-order valence-corrected chi connectivity index (χ1v) is 7.76. The van der Waals surface area contributed by atoms with Crippen molar-refractivity contribution in [1.29, 1.82) is 0 Å². The molecule has 0 aliphatic heterocycles. The first-order chi connectivity index (χ1) is 11.1. The summed E-state index contributed by atoms with van der Waals surface area (Å²) in [5.41, 5.74) is 5.23. The molecule has 8 heteroatoms. The SMILES string of the molecule is S=C(NN=Cc1ccc(Cl)cc1Cl)Nc1ccc2cn[nH]c2c1. The number of hydrogen-bond donors (Lipinski definition) is 3. The molecule has 0 unspecified atom stereocenters. The average Bonchev–Trinajstić information content (AvgIpc) is 2.97. The van der Waals surface area contributed by atoms with Gasteiger partial charge in [0.25, 0.3) is 0 Å². The summed E-state index contributed by atoms with van der Waals surface area (Å²) < 4.78 is 0. The summed E-state index contributed by atoms with van der Waals surface area (Å²) in [4.78, 5) is 0. The number of nitrogens with one attached hydrogen (secondary N) is 3. The molecule has 0 aliphatic carbocycles. The zero-order valence-electron chi connectivity index (χ0n) is 11.7. The minimum atomic E-state index is 0.366. The first-order valence-electron chi connectivity index (χ1n) is 6.60. The summed E-state index contributed by atoms with van der Waals surface area (Å²) in [5, 5.41) is 16.5. The standard InChI is InChI=1S/C15H11Cl2N5S/c16-11-3-1-9(13(17)5-11)7-19-22-15(23)20-12-4-2-10-8-18-21-14(10)6-12/h1-8H,(H,18,21)(H2,20,22,23). The van der Waals surface area contributed by atoms with Crippen molar-refractivity contribution in [3.05, 3.63) is 58.2 Å². The fourth-order valence-corrected chi connectivity index (χ4v) is 2.57. The predicted octanol–water partition coefficient (Wildman–Crippen LogP) is 4.19. The molecule has 116 valence electrons. The van der Waals surface area contributed by atoms with Gasteiger partial charge in [-0.1, -0.05) is 29.3 Å². The molecular weight excluding hydrogens is 353 g/mol. The fourth-order valence-electron chi connectivity index (χ4n) is 1.94. The van der Waals surface area contributed by atoms with Gasteiger partial charge in [0.2, 0.25) is 0 Å². The monoisotopic (exact) mass is 363 g/mol. The molecule has 5 nitrogen and oxygen atoms in total. The van der Waals surface area contributed by atoms with Crippen molar-refractivity contribution in [2.75, 3.05) is 5.32 Å². The quantitative estimate of drug-likeness (QED) is 0.370. The van der Waals surface area contributed by atoms with Crippen LogP contribution in [0, 0.1) is 0 Å². The lowest BCUT2D eigenvalue weighted by atomic mass is 10.2. The van der Waals surface area contributed by atoms with Gasteiger partial charge in [-0.3, -0.25) is 10.5 Å². The van der Waals surface area contributed by atoms with E-state index in [0.717, 1.165) is 22.2 Å². The summed E-state index contributed by atoms with van der Waals surface area (Å²) in [6, 6.07) is 10.9. The molecule has 3 rings (SSSR count). The van der Waals surface area contributed by atoms with Gasteiger partial charge in [-0.2, -0.15) is 10.2 Å². The van der Waals surface area contributed by atoms with Crippen LogP contribution in [0.25, 0.3) is 10.9 Å². The van der Waals surface area contributed by atoms with Gasteiger partial charge in [0.15, 0.2) is 5.11 Å². The maximum atomic E-state index is 6.06. The molecule has 0 radical (unpaired) electrons. The molecule has 0 atom stereocenters. The van der Waals surface area contributed by atoms with Crippen molar-refractivity contribution in [1.82, 2.24) is 15.6 Å². The lowest BCUT2D eigenvalue weighted by Crippen LogP contribution is -2.23. The van der Waals surface area contributed by atoms with E-state index in [0.29, 0.717) is 15.2 Å². The van der Waals surface area contributed by atoms with E-state index >= 15 is 0 Å². The molecule has 0 bridgehead atoms. The number of halogens is 2. The maximum absolute atomic E-state index is 6.06. The fraction of sp³-hybridized carbons (Fsp3) is 0. The van der Waals surface area contributed by atoms with Gasteiger partial charge in [0.05, 0.1) is 23.0 Å². The molecular formula is C15H11Cl2N5S. The summed E-state index contributed by atoms with van der Waals surface area (Å²) in [5.74, 6) is 0. The van der Waals surface area contributed by atoms with Gasteiger partial charge in [-0.25, -0.2) is 0 Å². The number of aromatic nitrogens is 2. The van der Waals surface area contributed by atoms with E-state index in [1.807, 2.05) is 18.2 Å². The Labute approximate surface area is 147 Å². The highest BCUT2D eigenvalue weighted by molar-refractivity contribution is 7.80. The van der Waals surface area contributed by atoms with E-state index in [4.69, 9.17) is 35.4 Å². The molecule has 0 saturated carbocycles. The van der Waals surface area contributed by atoms with E-state index in [1.54, 1.807) is 30.6 Å². The zero-order chi connectivity index (χ0) is 16.2. The highest BCUT2D eigenvalue weighted by atomic mass is 35.5. The predicted molar refractivity (Wildman–Crippen MR) is 99.5 cm³/mol. The number of anilines is 1. The molecule has 1 heterocycles. The Kier molecular flexibility index (Phi) is 4.76. The Morgan fingerprint density at radius 3 is 2.91 bits per heavy atom. The Bertz CT molecular complexity index is 890. The molecule has 0 spiro atoms. The second-order valence-corrected chi connectivity index (χ2v) is 5.91. The number of thiocarbonyl (C=S) groups is 1. The number of hydrazone groups is 1. The third-order valence-corrected chi connectivity index (χ3v) is 3.79. The van der Waals surface area contributed by atoms with Gasteiger partial charge in [0.1, 0.15) is 0 Å². The number of hydrogen-bond acceptors (Lipinski definition) is 3. The van der Waals surface area contributed by atoms with Gasteiger partial charge in [-0.05, 0) is 42.5 Å². The van der Waals surface area contributed by atoms with Crippen LogP contribution in [-0.2, 0) is 0 Å². The molecule has 0 saturated heterocycles. The summed E-state index contributed by atoms with van der Waals surface area (Å²) in [6.45, 7) is 0. The molecule has 0 aliphatic rings. The van der Waals surface area contributed by atoms with E-state index < -0.39 is 0 Å². The number of benzene rings is 2. The smallest absolute Gasteiger partial charge is 0.191 e. The molecule has 3 N–H and O–H groups in total. The summed E-state index contributed by atoms with van der Waals surface area (Å²) in [7, 11) is 0. The van der Waals surface area contributed by atoms with E-state index in [-0.39, 0.29) is 0 Å². The van der Waals surface area contributed by atoms with Crippen LogP contribution in [0.1, 0.15) is 5.56 Å². The van der Waals surface area contributed by atoms with Crippen molar-refractivity contribution in [2.24, 2.45) is 5.10 Å². The van der Waals surface area contributed by atoms with Crippen molar-refractivity contribution in [2.45, 2.75) is 0 Å². The Morgan fingerprint density at radius 2 is 2.09 bits per heavy atom. The lowest BCUT2D eigenvalue weighted by molar-refractivity contribution is 1.05. The molecule has 23 heavy (non-hydrogen) atoms. The highest BCUT2D eigenvalue weighted by Crippen LogP contribution is 2.19. The molecule has 3 aromatic rings.